The van der Waals surface area contributed by atoms with Crippen LogP contribution in [-0.2, 0) is 4.79 Å². The van der Waals surface area contributed by atoms with Gasteiger partial charge in [-0.2, -0.15) is 0 Å². The number of ketones is 1. The number of carbonyl (C=O) groups is 1. The lowest BCUT2D eigenvalue weighted by molar-refractivity contribution is -0.117. The molecule has 0 aromatic heterocycles. The Kier molecular flexibility index (Phi) is 14.5. The van der Waals surface area contributed by atoms with Crippen molar-refractivity contribution in [3.05, 3.63) is 30.3 Å². The predicted molar refractivity (Wildman–Crippen MR) is 82.3 cm³/mol. The Morgan fingerprint density at radius 2 is 1.56 bits per heavy atom. The van der Waals surface area contributed by atoms with Gasteiger partial charge < -0.3 is 9.69 Å². The van der Waals surface area contributed by atoms with Gasteiger partial charge in [-0.15, -0.1) is 0 Å². The number of carbonyl (C=O) groups excluding carboxylic acids is 1. The number of hydrogen-bond acceptors (Lipinski definition) is 2. The summed E-state index contributed by atoms with van der Waals surface area (Å²) in [5, 5.41) is 0. The van der Waals surface area contributed by atoms with Crippen LogP contribution >= 0.6 is 0 Å². The second-order valence-corrected chi connectivity index (χ2v) is 3.56. The number of para-hydroxylation sites is 1. The van der Waals surface area contributed by atoms with Crippen molar-refractivity contribution in [1.29, 1.82) is 0 Å². The van der Waals surface area contributed by atoms with E-state index in [0.29, 0.717) is 6.42 Å². The molecule has 0 bridgehead atoms. The topological polar surface area (TPSA) is 20.3 Å². The van der Waals surface area contributed by atoms with Crippen molar-refractivity contribution < 1.29 is 4.79 Å². The first-order valence-electron chi connectivity index (χ1n) is 6.96. The highest BCUT2D eigenvalue weighted by Gasteiger charge is 2.00. The number of nitrogens with zero attached hydrogens (tertiary/aromatic N) is 1. The molecule has 0 spiro atoms. The fraction of sp³-hybridized carbons (Fsp3) is 0.562. The summed E-state index contributed by atoms with van der Waals surface area (Å²) in [6.07, 6.45) is 1.61. The van der Waals surface area contributed by atoms with Crippen LogP contribution in [0.3, 0.4) is 0 Å². The highest BCUT2D eigenvalue weighted by molar-refractivity contribution is 5.75. The SMILES string of the molecule is CC.CC.CC(=O)CCCN(C)c1ccccc1. The molecule has 0 radical (unpaired) electrons. The highest BCUT2D eigenvalue weighted by atomic mass is 16.1. The molecular weight excluding hydrogens is 222 g/mol. The van der Waals surface area contributed by atoms with Crippen LogP contribution in [0.25, 0.3) is 0 Å². The quantitative estimate of drug-likeness (QED) is 0.765. The number of Topliss-reactive ketones (excluding diaryl/α,β-unsaturated/α-hetero) is 1. The normalized spacial score (nSPS) is 8.33. The van der Waals surface area contributed by atoms with Crippen molar-refractivity contribution in [3.8, 4) is 0 Å². The fourth-order valence-electron chi connectivity index (χ4n) is 1.38. The van der Waals surface area contributed by atoms with Crippen molar-refractivity contribution in [2.24, 2.45) is 0 Å². The van der Waals surface area contributed by atoms with E-state index in [-0.39, 0.29) is 5.78 Å². The summed E-state index contributed by atoms with van der Waals surface area (Å²) in [4.78, 5) is 12.9. The van der Waals surface area contributed by atoms with Crippen molar-refractivity contribution in [2.75, 3.05) is 18.5 Å². The lowest BCUT2D eigenvalue weighted by atomic mass is 10.2. The molecule has 0 fully saturated rings. The van der Waals surface area contributed by atoms with Crippen LogP contribution in [-0.4, -0.2) is 19.4 Å². The van der Waals surface area contributed by atoms with E-state index < -0.39 is 0 Å². The van der Waals surface area contributed by atoms with Crippen LogP contribution in [0, 0.1) is 0 Å². The van der Waals surface area contributed by atoms with Gasteiger partial charge >= 0.3 is 0 Å². The lowest BCUT2D eigenvalue weighted by Crippen LogP contribution is -2.18. The minimum atomic E-state index is 0.270. The molecule has 1 aromatic carbocycles. The van der Waals surface area contributed by atoms with E-state index in [0.717, 1.165) is 13.0 Å². The molecule has 1 rings (SSSR count). The summed E-state index contributed by atoms with van der Waals surface area (Å²) >= 11 is 0. The molecular formula is C16H29NO. The third-order valence-corrected chi connectivity index (χ3v) is 2.22. The second kappa shape index (κ2) is 13.8. The summed E-state index contributed by atoms with van der Waals surface area (Å²) < 4.78 is 0. The van der Waals surface area contributed by atoms with Gasteiger partial charge in [0.1, 0.15) is 5.78 Å². The fourth-order valence-corrected chi connectivity index (χ4v) is 1.38. The predicted octanol–water partition coefficient (Wildman–Crippen LogP) is 4.54. The van der Waals surface area contributed by atoms with Gasteiger partial charge in [0, 0.05) is 25.7 Å². The summed E-state index contributed by atoms with van der Waals surface area (Å²) in [5.74, 6) is 0.270. The van der Waals surface area contributed by atoms with Gasteiger partial charge in [-0.05, 0) is 25.5 Å². The molecule has 0 N–H and O–H groups in total. The minimum absolute atomic E-state index is 0.270. The molecule has 18 heavy (non-hydrogen) atoms. The Morgan fingerprint density at radius 3 is 2.00 bits per heavy atom. The van der Waals surface area contributed by atoms with Crippen LogP contribution in [0.4, 0.5) is 5.69 Å². The molecule has 0 aliphatic heterocycles. The van der Waals surface area contributed by atoms with Gasteiger partial charge in [0.05, 0.1) is 0 Å². The Morgan fingerprint density at radius 1 is 1.06 bits per heavy atom. The first-order chi connectivity index (χ1) is 8.70. The summed E-state index contributed by atoms with van der Waals surface area (Å²) in [5.41, 5.74) is 1.20. The number of hydrogen-bond donors (Lipinski definition) is 0. The molecule has 0 unspecified atom stereocenters. The Bertz CT molecular complexity index is 282. The zero-order valence-electron chi connectivity index (χ0n) is 12.9. The van der Waals surface area contributed by atoms with Crippen molar-refractivity contribution >= 4 is 11.5 Å². The van der Waals surface area contributed by atoms with E-state index >= 15 is 0 Å². The summed E-state index contributed by atoms with van der Waals surface area (Å²) in [6.45, 7) is 10.6. The largest absolute Gasteiger partial charge is 0.375 e. The van der Waals surface area contributed by atoms with E-state index in [2.05, 4.69) is 24.1 Å². The number of benzene rings is 1. The number of rotatable bonds is 5. The maximum atomic E-state index is 10.7. The van der Waals surface area contributed by atoms with Gasteiger partial charge in [-0.1, -0.05) is 45.9 Å². The second-order valence-electron chi connectivity index (χ2n) is 3.56. The van der Waals surface area contributed by atoms with E-state index in [1.807, 2.05) is 45.9 Å². The molecule has 0 saturated heterocycles. The van der Waals surface area contributed by atoms with Crippen LogP contribution < -0.4 is 4.90 Å². The smallest absolute Gasteiger partial charge is 0.129 e. The maximum Gasteiger partial charge on any atom is 0.129 e. The van der Waals surface area contributed by atoms with Gasteiger partial charge in [0.2, 0.25) is 0 Å². The van der Waals surface area contributed by atoms with Gasteiger partial charge in [0.15, 0.2) is 0 Å². The molecule has 1 aromatic rings. The average molecular weight is 251 g/mol. The Balaban J connectivity index is 0. The molecule has 0 atom stereocenters. The Hall–Kier alpha value is -1.31. The van der Waals surface area contributed by atoms with Gasteiger partial charge in [-0.25, -0.2) is 0 Å². The maximum absolute atomic E-state index is 10.7. The van der Waals surface area contributed by atoms with E-state index in [1.165, 1.54) is 5.69 Å². The van der Waals surface area contributed by atoms with Crippen LogP contribution in [0.2, 0.25) is 0 Å². The summed E-state index contributed by atoms with van der Waals surface area (Å²) in [7, 11) is 2.05. The molecule has 0 aliphatic rings. The van der Waals surface area contributed by atoms with Crippen molar-refractivity contribution in [2.45, 2.75) is 47.5 Å². The molecule has 2 heteroatoms. The zero-order valence-corrected chi connectivity index (χ0v) is 12.9. The van der Waals surface area contributed by atoms with E-state index in [4.69, 9.17) is 0 Å². The van der Waals surface area contributed by atoms with Crippen LogP contribution in [0.5, 0.6) is 0 Å². The molecule has 2 nitrogen and oxygen atoms in total. The summed E-state index contributed by atoms with van der Waals surface area (Å²) in [6, 6.07) is 10.2. The third-order valence-electron chi connectivity index (χ3n) is 2.22. The first kappa shape index (κ1) is 19.0. The van der Waals surface area contributed by atoms with Crippen molar-refractivity contribution in [1.82, 2.24) is 0 Å². The van der Waals surface area contributed by atoms with Gasteiger partial charge in [-0.3, -0.25) is 0 Å². The third kappa shape index (κ3) is 9.88. The zero-order chi connectivity index (χ0) is 14.4. The monoisotopic (exact) mass is 251 g/mol. The first-order valence-corrected chi connectivity index (χ1v) is 6.96. The average Bonchev–Trinajstić information content (AvgIpc) is 2.44. The standard InChI is InChI=1S/C12H17NO.2C2H6/c1-11(14)7-6-10-13(2)12-8-4-3-5-9-12;2*1-2/h3-5,8-9H,6-7,10H2,1-2H3;2*1-2H3. The molecule has 0 aliphatic carbocycles. The highest BCUT2D eigenvalue weighted by Crippen LogP contribution is 2.11. The number of anilines is 1. The van der Waals surface area contributed by atoms with Crippen molar-refractivity contribution in [3.63, 3.8) is 0 Å². The molecule has 0 heterocycles. The van der Waals surface area contributed by atoms with E-state index in [9.17, 15) is 4.79 Å². The van der Waals surface area contributed by atoms with Crippen LogP contribution in [0.1, 0.15) is 47.5 Å². The van der Waals surface area contributed by atoms with Crippen LogP contribution in [0.15, 0.2) is 30.3 Å². The lowest BCUT2D eigenvalue weighted by Gasteiger charge is -2.18. The molecule has 0 saturated carbocycles. The molecule has 0 amide bonds. The minimum Gasteiger partial charge on any atom is -0.375 e. The Labute approximate surface area is 113 Å². The molecule has 104 valence electrons. The van der Waals surface area contributed by atoms with E-state index in [1.54, 1.807) is 6.92 Å². The van der Waals surface area contributed by atoms with Gasteiger partial charge in [0.25, 0.3) is 0 Å².